The number of hydrogen-bond acceptors (Lipinski definition) is 1. The predicted octanol–water partition coefficient (Wildman–Crippen LogP) is 2.77. The Morgan fingerprint density at radius 3 is 2.82 bits per heavy atom. The average Bonchev–Trinajstić information content (AvgIpc) is 1.98. The maximum atomic E-state index is 9.16. The van der Waals surface area contributed by atoms with Gasteiger partial charge in [-0.15, -0.1) is 6.58 Å². The third kappa shape index (κ3) is 1.99. The molecule has 0 aromatic heterocycles. The van der Waals surface area contributed by atoms with Crippen molar-refractivity contribution in [3.63, 3.8) is 0 Å². The molecule has 0 bridgehead atoms. The number of benzene rings is 1. The molecule has 0 radical (unpaired) electrons. The van der Waals surface area contributed by atoms with Gasteiger partial charge in [0.25, 0.3) is 0 Å². The zero-order chi connectivity index (χ0) is 8.27. The molecular weight excluding hydrogens is 160 g/mol. The van der Waals surface area contributed by atoms with Gasteiger partial charge in [0, 0.05) is 0 Å². The molecule has 0 spiro atoms. The lowest BCUT2D eigenvalue weighted by Crippen LogP contribution is -1.79. The highest BCUT2D eigenvalue weighted by molar-refractivity contribution is 6.31. The summed E-state index contributed by atoms with van der Waals surface area (Å²) in [5.74, 6) is 0.131. The summed E-state index contributed by atoms with van der Waals surface area (Å²) in [6, 6.07) is 5.18. The van der Waals surface area contributed by atoms with Gasteiger partial charge in [0.2, 0.25) is 0 Å². The Morgan fingerprint density at radius 2 is 2.27 bits per heavy atom. The van der Waals surface area contributed by atoms with Crippen LogP contribution in [0.25, 0.3) is 0 Å². The molecular formula is C9H9ClO. The van der Waals surface area contributed by atoms with E-state index in [-0.39, 0.29) is 5.75 Å². The van der Waals surface area contributed by atoms with Crippen LogP contribution < -0.4 is 0 Å². The van der Waals surface area contributed by atoms with Gasteiger partial charge in [-0.25, -0.2) is 0 Å². The molecule has 0 unspecified atom stereocenters. The van der Waals surface area contributed by atoms with Crippen LogP contribution in [0.5, 0.6) is 5.75 Å². The highest BCUT2D eigenvalue weighted by atomic mass is 35.5. The van der Waals surface area contributed by atoms with Crippen LogP contribution >= 0.6 is 11.6 Å². The van der Waals surface area contributed by atoms with Crippen molar-refractivity contribution in [3.05, 3.63) is 41.4 Å². The average molecular weight is 169 g/mol. The van der Waals surface area contributed by atoms with E-state index >= 15 is 0 Å². The summed E-state index contributed by atoms with van der Waals surface area (Å²) in [5.41, 5.74) is 1.02. The number of phenols is 1. The molecule has 1 rings (SSSR count). The smallest absolute Gasteiger partial charge is 0.134 e. The maximum absolute atomic E-state index is 9.16. The van der Waals surface area contributed by atoms with Gasteiger partial charge in [-0.1, -0.05) is 23.7 Å². The normalized spacial score (nSPS) is 9.55. The lowest BCUT2D eigenvalue weighted by molar-refractivity contribution is 0.475. The first-order chi connectivity index (χ1) is 5.24. The van der Waals surface area contributed by atoms with E-state index in [0.29, 0.717) is 5.02 Å². The van der Waals surface area contributed by atoms with E-state index in [1.54, 1.807) is 18.2 Å². The van der Waals surface area contributed by atoms with Gasteiger partial charge >= 0.3 is 0 Å². The van der Waals surface area contributed by atoms with Crippen LogP contribution in [0.3, 0.4) is 0 Å². The molecule has 0 heterocycles. The molecule has 1 aromatic rings. The minimum Gasteiger partial charge on any atom is -0.506 e. The van der Waals surface area contributed by atoms with E-state index in [9.17, 15) is 0 Å². The second-order valence-electron chi connectivity index (χ2n) is 2.28. The molecule has 0 saturated carbocycles. The number of halogens is 1. The quantitative estimate of drug-likeness (QED) is 0.674. The summed E-state index contributed by atoms with van der Waals surface area (Å²) in [6.07, 6.45) is 2.54. The molecule has 0 saturated heterocycles. The molecule has 0 fully saturated rings. The fourth-order valence-electron chi connectivity index (χ4n) is 0.852. The van der Waals surface area contributed by atoms with Crippen LogP contribution in [0.2, 0.25) is 5.02 Å². The number of rotatable bonds is 2. The number of allylic oxidation sites excluding steroid dienone is 1. The van der Waals surface area contributed by atoms with Crippen molar-refractivity contribution in [1.29, 1.82) is 0 Å². The van der Waals surface area contributed by atoms with Gasteiger partial charge in [-0.2, -0.15) is 0 Å². The second-order valence-corrected chi connectivity index (χ2v) is 2.69. The van der Waals surface area contributed by atoms with E-state index in [1.807, 2.05) is 6.07 Å². The zero-order valence-corrected chi connectivity index (χ0v) is 6.80. The van der Waals surface area contributed by atoms with Gasteiger partial charge in [-0.05, 0) is 24.1 Å². The summed E-state index contributed by atoms with van der Waals surface area (Å²) in [5, 5.41) is 9.55. The third-order valence-corrected chi connectivity index (χ3v) is 1.71. The van der Waals surface area contributed by atoms with Crippen molar-refractivity contribution in [2.75, 3.05) is 0 Å². The van der Waals surface area contributed by atoms with Crippen molar-refractivity contribution in [2.45, 2.75) is 6.42 Å². The molecule has 0 atom stereocenters. The Bertz CT molecular complexity index is 268. The molecule has 11 heavy (non-hydrogen) atoms. The van der Waals surface area contributed by atoms with Crippen molar-refractivity contribution in [3.8, 4) is 5.75 Å². The lowest BCUT2D eigenvalue weighted by atomic mass is 10.1. The van der Waals surface area contributed by atoms with E-state index in [0.717, 1.165) is 12.0 Å². The number of hydrogen-bond donors (Lipinski definition) is 1. The van der Waals surface area contributed by atoms with Crippen LogP contribution in [0.1, 0.15) is 5.56 Å². The van der Waals surface area contributed by atoms with Crippen LogP contribution in [-0.2, 0) is 6.42 Å². The lowest BCUT2D eigenvalue weighted by Gasteiger charge is -1.98. The van der Waals surface area contributed by atoms with Crippen molar-refractivity contribution < 1.29 is 5.11 Å². The molecule has 1 aromatic carbocycles. The third-order valence-electron chi connectivity index (χ3n) is 1.39. The fourth-order valence-corrected chi connectivity index (χ4v) is 0.969. The van der Waals surface area contributed by atoms with E-state index in [4.69, 9.17) is 16.7 Å². The number of aromatic hydroxyl groups is 1. The van der Waals surface area contributed by atoms with Crippen LogP contribution in [0, 0.1) is 0 Å². The topological polar surface area (TPSA) is 20.2 Å². The second kappa shape index (κ2) is 3.44. The minimum absolute atomic E-state index is 0.131. The molecule has 1 nitrogen and oxygen atoms in total. The Kier molecular flexibility index (Phi) is 2.55. The molecule has 0 aliphatic heterocycles. The highest BCUT2D eigenvalue weighted by Crippen LogP contribution is 2.23. The first kappa shape index (κ1) is 8.15. The Hall–Kier alpha value is -0.950. The highest BCUT2D eigenvalue weighted by Gasteiger charge is 1.97. The molecule has 0 aliphatic carbocycles. The minimum atomic E-state index is 0.131. The summed E-state index contributed by atoms with van der Waals surface area (Å²) in [6.45, 7) is 3.59. The Morgan fingerprint density at radius 1 is 1.55 bits per heavy atom. The monoisotopic (exact) mass is 168 g/mol. The molecule has 2 heteroatoms. The maximum Gasteiger partial charge on any atom is 0.134 e. The van der Waals surface area contributed by atoms with Crippen LogP contribution in [0.15, 0.2) is 30.9 Å². The Labute approximate surface area is 70.9 Å². The van der Waals surface area contributed by atoms with E-state index < -0.39 is 0 Å². The first-order valence-corrected chi connectivity index (χ1v) is 3.70. The van der Waals surface area contributed by atoms with Gasteiger partial charge in [0.1, 0.15) is 5.75 Å². The standard InChI is InChI=1S/C9H9ClO/c1-2-3-7-4-5-8(10)9(11)6-7/h2,4-6,11H,1,3H2. The van der Waals surface area contributed by atoms with Gasteiger partial charge in [0.05, 0.1) is 5.02 Å². The SMILES string of the molecule is C=CCc1ccc(Cl)c(O)c1. The Balaban J connectivity index is 2.95. The zero-order valence-electron chi connectivity index (χ0n) is 6.05. The summed E-state index contributed by atoms with van der Waals surface area (Å²) < 4.78 is 0. The summed E-state index contributed by atoms with van der Waals surface area (Å²) in [4.78, 5) is 0. The van der Waals surface area contributed by atoms with Gasteiger partial charge in [0.15, 0.2) is 0 Å². The van der Waals surface area contributed by atoms with Gasteiger partial charge in [-0.3, -0.25) is 0 Å². The van der Waals surface area contributed by atoms with Crippen molar-refractivity contribution >= 4 is 11.6 Å². The molecule has 58 valence electrons. The van der Waals surface area contributed by atoms with Crippen LogP contribution in [0.4, 0.5) is 0 Å². The van der Waals surface area contributed by atoms with Crippen molar-refractivity contribution in [1.82, 2.24) is 0 Å². The molecule has 0 amide bonds. The van der Waals surface area contributed by atoms with Crippen molar-refractivity contribution in [2.24, 2.45) is 0 Å². The first-order valence-electron chi connectivity index (χ1n) is 3.32. The van der Waals surface area contributed by atoms with Crippen LogP contribution in [-0.4, -0.2) is 5.11 Å². The molecule has 0 aliphatic rings. The molecule has 1 N–H and O–H groups in total. The fraction of sp³-hybridized carbons (Fsp3) is 0.111. The predicted molar refractivity (Wildman–Crippen MR) is 47.0 cm³/mol. The number of phenolic OH excluding ortho intramolecular Hbond substituents is 1. The van der Waals surface area contributed by atoms with Gasteiger partial charge < -0.3 is 5.11 Å². The van der Waals surface area contributed by atoms with E-state index in [2.05, 4.69) is 6.58 Å². The summed E-state index contributed by atoms with van der Waals surface area (Å²) in [7, 11) is 0. The largest absolute Gasteiger partial charge is 0.506 e. The summed E-state index contributed by atoms with van der Waals surface area (Å²) >= 11 is 5.60. The van der Waals surface area contributed by atoms with E-state index in [1.165, 1.54) is 0 Å².